The van der Waals surface area contributed by atoms with E-state index >= 15 is 0 Å². The first kappa shape index (κ1) is 10.9. The summed E-state index contributed by atoms with van der Waals surface area (Å²) in [5.74, 6) is -1.78. The van der Waals surface area contributed by atoms with Crippen molar-refractivity contribution in [1.29, 1.82) is 0 Å². The van der Waals surface area contributed by atoms with Crippen LogP contribution in [0.15, 0.2) is 18.2 Å². The smallest absolute Gasteiger partial charge is 0.335 e. The number of rotatable bonds is 1. The van der Waals surface area contributed by atoms with Crippen molar-refractivity contribution < 1.29 is 15.0 Å². The summed E-state index contributed by atoms with van der Waals surface area (Å²) in [5, 5.41) is 19.2. The van der Waals surface area contributed by atoms with Gasteiger partial charge in [-0.05, 0) is 18.2 Å². The Kier molecular flexibility index (Phi) is 3.67. The molecule has 12 heavy (non-hydrogen) atoms. The molecule has 1 radical (unpaired) electrons. The van der Waals surface area contributed by atoms with E-state index in [0.29, 0.717) is 0 Å². The largest absolute Gasteiger partial charge is 0.872 e. The van der Waals surface area contributed by atoms with E-state index in [2.05, 4.69) is 0 Å². The minimum atomic E-state index is -1.23. The first-order valence-corrected chi connectivity index (χ1v) is 2.91. The predicted octanol–water partition coefficient (Wildman–Crippen LogP) is -0.340. The molecule has 0 heterocycles. The van der Waals surface area contributed by atoms with Crippen molar-refractivity contribution in [1.82, 2.24) is 0 Å². The van der Waals surface area contributed by atoms with E-state index in [1.54, 1.807) is 0 Å². The van der Waals surface area contributed by atoms with Crippen molar-refractivity contribution in [2.45, 2.75) is 0 Å². The van der Waals surface area contributed by atoms with Crippen molar-refractivity contribution in [3.05, 3.63) is 23.8 Å². The fraction of sp³-hybridized carbons (Fsp3) is 0. The first-order valence-electron chi connectivity index (χ1n) is 2.91. The summed E-state index contributed by atoms with van der Waals surface area (Å²) in [6.45, 7) is 0. The normalized spacial score (nSPS) is 8.67. The average molecular weight is 159 g/mol. The fourth-order valence-electron chi connectivity index (χ4n) is 0.716. The fourth-order valence-corrected chi connectivity index (χ4v) is 0.716. The monoisotopic (exact) mass is 159 g/mol. The van der Waals surface area contributed by atoms with Gasteiger partial charge in [0.2, 0.25) is 0 Å². The van der Waals surface area contributed by atoms with Crippen molar-refractivity contribution in [2.24, 2.45) is 0 Å². The molecular formula is C7H6LiNO3-. The summed E-state index contributed by atoms with van der Waals surface area (Å²) in [4.78, 5) is 10.3. The van der Waals surface area contributed by atoms with Gasteiger partial charge in [-0.2, -0.15) is 0 Å². The Morgan fingerprint density at radius 2 is 2.08 bits per heavy atom. The Balaban J connectivity index is 0.00000121. The molecule has 0 spiro atoms. The zero-order chi connectivity index (χ0) is 8.43. The van der Waals surface area contributed by atoms with Gasteiger partial charge in [-0.15, -0.1) is 0 Å². The molecule has 0 unspecified atom stereocenters. The molecule has 0 atom stereocenters. The molecule has 0 bridgehead atoms. The third kappa shape index (κ3) is 2.19. The van der Waals surface area contributed by atoms with Gasteiger partial charge in [0.1, 0.15) is 0 Å². The molecule has 5 heteroatoms. The van der Waals surface area contributed by atoms with Gasteiger partial charge in [0.15, 0.2) is 0 Å². The van der Waals surface area contributed by atoms with E-state index in [0.717, 1.165) is 6.07 Å². The number of aromatic carboxylic acids is 1. The molecule has 0 aliphatic heterocycles. The third-order valence-corrected chi connectivity index (χ3v) is 1.24. The molecule has 0 amide bonds. The molecule has 0 aliphatic rings. The number of carboxylic acid groups (broad SMARTS) is 1. The van der Waals surface area contributed by atoms with Crippen LogP contribution in [0.25, 0.3) is 0 Å². The van der Waals surface area contributed by atoms with E-state index in [1.807, 2.05) is 0 Å². The van der Waals surface area contributed by atoms with Gasteiger partial charge < -0.3 is 15.9 Å². The standard InChI is InChI=1S/C7H7NO3.Li/c8-4-1-2-5(7(10)11)6(9)3-4;/h1-3,9H,8H2,(H,10,11);/p-1. The van der Waals surface area contributed by atoms with Crippen LogP contribution in [0.2, 0.25) is 0 Å². The van der Waals surface area contributed by atoms with E-state index in [1.165, 1.54) is 12.1 Å². The Labute approximate surface area is 81.2 Å². The summed E-state index contributed by atoms with van der Waals surface area (Å²) in [6, 6.07) is 3.66. The summed E-state index contributed by atoms with van der Waals surface area (Å²) in [5.41, 5.74) is 5.26. The van der Waals surface area contributed by atoms with Crippen molar-refractivity contribution in [3.63, 3.8) is 0 Å². The van der Waals surface area contributed by atoms with Crippen molar-refractivity contribution in [2.75, 3.05) is 5.73 Å². The number of carbonyl (C=O) groups is 1. The number of hydrogen-bond donors (Lipinski definition) is 2. The number of nitrogens with two attached hydrogens (primary N) is 1. The molecule has 0 fully saturated rings. The molecule has 1 aromatic rings. The van der Waals surface area contributed by atoms with Gasteiger partial charge >= 0.3 is 5.97 Å². The topological polar surface area (TPSA) is 86.4 Å². The Bertz CT molecular complexity index is 301. The minimum Gasteiger partial charge on any atom is -0.872 e. The number of hydrogen-bond acceptors (Lipinski definition) is 3. The van der Waals surface area contributed by atoms with E-state index < -0.39 is 11.7 Å². The van der Waals surface area contributed by atoms with Gasteiger partial charge in [-0.3, -0.25) is 0 Å². The quantitative estimate of drug-likeness (QED) is 0.433. The van der Waals surface area contributed by atoms with Crippen LogP contribution in [0.5, 0.6) is 5.75 Å². The SMILES string of the molecule is Nc1ccc(C(=O)O)c([O-])c1.[Li]. The van der Waals surface area contributed by atoms with Crippen LogP contribution in [0, 0.1) is 0 Å². The zero-order valence-electron chi connectivity index (χ0n) is 6.57. The molecule has 3 N–H and O–H groups in total. The van der Waals surface area contributed by atoms with Gasteiger partial charge in [0.05, 0.1) is 5.56 Å². The molecule has 59 valence electrons. The summed E-state index contributed by atoms with van der Waals surface area (Å²) in [6.07, 6.45) is 0. The number of carboxylic acids is 1. The van der Waals surface area contributed by atoms with Crippen LogP contribution < -0.4 is 10.8 Å². The number of benzene rings is 1. The maximum absolute atomic E-state index is 10.8. The minimum absolute atomic E-state index is 0. The Hall–Kier alpha value is -1.11. The molecule has 0 saturated heterocycles. The average Bonchev–Trinajstić information content (AvgIpc) is 1.85. The van der Waals surface area contributed by atoms with E-state index in [-0.39, 0.29) is 30.1 Å². The van der Waals surface area contributed by atoms with Gasteiger partial charge in [0.25, 0.3) is 0 Å². The number of anilines is 1. The summed E-state index contributed by atoms with van der Waals surface area (Å²) >= 11 is 0. The molecule has 0 saturated carbocycles. The van der Waals surface area contributed by atoms with E-state index in [9.17, 15) is 9.90 Å². The van der Waals surface area contributed by atoms with Crippen LogP contribution in [0.3, 0.4) is 0 Å². The first-order chi connectivity index (χ1) is 5.11. The Morgan fingerprint density at radius 3 is 2.50 bits per heavy atom. The van der Waals surface area contributed by atoms with Crippen molar-refractivity contribution >= 4 is 30.5 Å². The Morgan fingerprint density at radius 1 is 1.50 bits per heavy atom. The zero-order valence-corrected chi connectivity index (χ0v) is 6.57. The van der Waals surface area contributed by atoms with Crippen LogP contribution in [-0.2, 0) is 0 Å². The molecule has 0 aromatic heterocycles. The number of nitrogen functional groups attached to an aromatic ring is 1. The van der Waals surface area contributed by atoms with Gasteiger partial charge in [-0.1, -0.05) is 5.75 Å². The molecular weight excluding hydrogens is 153 g/mol. The van der Waals surface area contributed by atoms with Crippen LogP contribution >= 0.6 is 0 Å². The molecule has 1 aromatic carbocycles. The van der Waals surface area contributed by atoms with Crippen LogP contribution in [-0.4, -0.2) is 29.9 Å². The predicted molar refractivity (Wildman–Crippen MR) is 43.0 cm³/mol. The summed E-state index contributed by atoms with van der Waals surface area (Å²) in [7, 11) is 0. The van der Waals surface area contributed by atoms with Gasteiger partial charge in [0, 0.05) is 24.5 Å². The van der Waals surface area contributed by atoms with E-state index in [4.69, 9.17) is 10.8 Å². The summed E-state index contributed by atoms with van der Waals surface area (Å²) < 4.78 is 0. The second-order valence-electron chi connectivity index (χ2n) is 2.06. The second-order valence-corrected chi connectivity index (χ2v) is 2.06. The maximum Gasteiger partial charge on any atom is 0.335 e. The third-order valence-electron chi connectivity index (χ3n) is 1.24. The molecule has 0 aliphatic carbocycles. The van der Waals surface area contributed by atoms with Gasteiger partial charge in [-0.25, -0.2) is 4.79 Å². The van der Waals surface area contributed by atoms with Crippen LogP contribution in [0.1, 0.15) is 10.4 Å². The maximum atomic E-state index is 10.8. The molecule has 1 rings (SSSR count). The van der Waals surface area contributed by atoms with Crippen LogP contribution in [0.4, 0.5) is 5.69 Å². The molecule has 4 nitrogen and oxygen atoms in total. The van der Waals surface area contributed by atoms with Crippen molar-refractivity contribution in [3.8, 4) is 5.75 Å². The second kappa shape index (κ2) is 4.05.